The summed E-state index contributed by atoms with van der Waals surface area (Å²) < 4.78 is 13.1. The second-order valence-corrected chi connectivity index (χ2v) is 7.79. The number of halogens is 1. The molecule has 1 N–H and O–H groups in total. The Balaban J connectivity index is 1.23. The third-order valence-electron chi connectivity index (χ3n) is 5.86. The Morgan fingerprint density at radius 1 is 0.759 bits per heavy atom. The third-order valence-corrected chi connectivity index (χ3v) is 5.86. The third kappa shape index (κ3) is 5.00. The topological polar surface area (TPSA) is 38.8 Å². The molecule has 1 amide bonds. The molecule has 2 heterocycles. The Bertz CT molecular complexity index is 795. The maximum atomic E-state index is 13.1. The van der Waals surface area contributed by atoms with Crippen LogP contribution in [0.1, 0.15) is 19.3 Å². The first-order chi connectivity index (χ1) is 14.2. The highest BCUT2D eigenvalue weighted by Gasteiger charge is 2.21. The van der Waals surface area contributed by atoms with Crippen LogP contribution in [-0.4, -0.2) is 56.6 Å². The minimum absolute atomic E-state index is 0.115. The van der Waals surface area contributed by atoms with Gasteiger partial charge in [0.25, 0.3) is 0 Å². The van der Waals surface area contributed by atoms with Crippen LogP contribution in [-0.2, 0) is 4.79 Å². The summed E-state index contributed by atoms with van der Waals surface area (Å²) in [5, 5.41) is 3.26. The molecule has 2 fully saturated rings. The maximum absolute atomic E-state index is 13.1. The summed E-state index contributed by atoms with van der Waals surface area (Å²) in [7, 11) is 0. The fourth-order valence-electron chi connectivity index (χ4n) is 4.10. The van der Waals surface area contributed by atoms with Gasteiger partial charge >= 0.3 is 0 Å². The monoisotopic (exact) mass is 396 g/mol. The Kier molecular flexibility index (Phi) is 6.17. The van der Waals surface area contributed by atoms with Gasteiger partial charge in [0, 0.05) is 56.3 Å². The fraction of sp³-hybridized carbons (Fsp3) is 0.435. The van der Waals surface area contributed by atoms with Gasteiger partial charge in [0.2, 0.25) is 5.91 Å². The van der Waals surface area contributed by atoms with Crippen LogP contribution in [0.15, 0.2) is 48.5 Å². The molecule has 154 valence electrons. The molecule has 0 radical (unpaired) electrons. The molecule has 0 bridgehead atoms. The molecule has 2 aromatic carbocycles. The molecule has 6 heteroatoms. The van der Waals surface area contributed by atoms with E-state index in [0.717, 1.165) is 37.6 Å². The van der Waals surface area contributed by atoms with Crippen molar-refractivity contribution in [3.63, 3.8) is 0 Å². The predicted octanol–water partition coefficient (Wildman–Crippen LogP) is 3.58. The first-order valence-corrected chi connectivity index (χ1v) is 10.6. The molecule has 2 saturated heterocycles. The summed E-state index contributed by atoms with van der Waals surface area (Å²) in [6.45, 7) is 5.48. The number of anilines is 3. The summed E-state index contributed by atoms with van der Waals surface area (Å²) in [4.78, 5) is 19.1. The highest BCUT2D eigenvalue weighted by Crippen LogP contribution is 2.22. The van der Waals surface area contributed by atoms with Gasteiger partial charge in [-0.2, -0.15) is 0 Å². The molecule has 2 aromatic rings. The largest absolute Gasteiger partial charge is 0.376 e. The number of piperidine rings is 1. The lowest BCUT2D eigenvalue weighted by Crippen LogP contribution is -2.50. The van der Waals surface area contributed by atoms with Crippen LogP contribution in [0.2, 0.25) is 0 Å². The molecule has 2 aliphatic rings. The summed E-state index contributed by atoms with van der Waals surface area (Å²) in [6, 6.07) is 14.9. The van der Waals surface area contributed by atoms with Gasteiger partial charge in [0.05, 0.1) is 6.54 Å². The maximum Gasteiger partial charge on any atom is 0.241 e. The highest BCUT2D eigenvalue weighted by molar-refractivity contribution is 5.81. The summed E-state index contributed by atoms with van der Waals surface area (Å²) >= 11 is 0. The number of piperazine rings is 1. The van der Waals surface area contributed by atoms with Gasteiger partial charge in [-0.1, -0.05) is 0 Å². The van der Waals surface area contributed by atoms with Crippen molar-refractivity contribution in [3.8, 4) is 0 Å². The van der Waals surface area contributed by atoms with E-state index in [1.165, 1.54) is 37.1 Å². The van der Waals surface area contributed by atoms with E-state index in [1.54, 1.807) is 12.1 Å². The zero-order valence-corrected chi connectivity index (χ0v) is 16.8. The number of nitrogens with zero attached hydrogens (tertiary/aromatic N) is 3. The van der Waals surface area contributed by atoms with E-state index >= 15 is 0 Å². The predicted molar refractivity (Wildman–Crippen MR) is 116 cm³/mol. The van der Waals surface area contributed by atoms with Crippen molar-refractivity contribution in [1.82, 2.24) is 4.90 Å². The van der Waals surface area contributed by atoms with Gasteiger partial charge in [0.15, 0.2) is 0 Å². The van der Waals surface area contributed by atoms with E-state index in [2.05, 4.69) is 39.4 Å². The van der Waals surface area contributed by atoms with E-state index < -0.39 is 0 Å². The first-order valence-electron chi connectivity index (χ1n) is 10.6. The van der Waals surface area contributed by atoms with Gasteiger partial charge in [0.1, 0.15) is 5.82 Å². The highest BCUT2D eigenvalue weighted by atomic mass is 19.1. The number of benzene rings is 2. The van der Waals surface area contributed by atoms with Gasteiger partial charge in [-0.25, -0.2) is 4.39 Å². The molecule has 0 atom stereocenters. The molecule has 0 saturated carbocycles. The van der Waals surface area contributed by atoms with E-state index in [9.17, 15) is 9.18 Å². The van der Waals surface area contributed by atoms with Gasteiger partial charge in [-0.15, -0.1) is 0 Å². The van der Waals surface area contributed by atoms with Crippen molar-refractivity contribution in [2.75, 3.05) is 60.9 Å². The number of carbonyl (C=O) groups excluding carboxylic acids is 1. The molecule has 0 spiro atoms. The number of carbonyl (C=O) groups is 1. The summed E-state index contributed by atoms with van der Waals surface area (Å²) in [5.74, 6) is -0.110. The lowest BCUT2D eigenvalue weighted by molar-refractivity contribution is -0.129. The normalized spacial score (nSPS) is 17.3. The lowest BCUT2D eigenvalue weighted by Gasteiger charge is -2.36. The van der Waals surface area contributed by atoms with E-state index in [-0.39, 0.29) is 11.7 Å². The van der Waals surface area contributed by atoms with Gasteiger partial charge in [-0.05, 0) is 67.8 Å². The molecular weight excluding hydrogens is 367 g/mol. The van der Waals surface area contributed by atoms with E-state index in [4.69, 9.17) is 0 Å². The number of amides is 1. The first kappa shape index (κ1) is 19.6. The lowest BCUT2D eigenvalue weighted by atomic mass is 10.1. The molecule has 0 unspecified atom stereocenters. The zero-order chi connectivity index (χ0) is 20.1. The molecule has 29 heavy (non-hydrogen) atoms. The van der Waals surface area contributed by atoms with Crippen molar-refractivity contribution < 1.29 is 9.18 Å². The van der Waals surface area contributed by atoms with Crippen molar-refractivity contribution in [1.29, 1.82) is 0 Å². The fourth-order valence-corrected chi connectivity index (χ4v) is 4.10. The number of rotatable bonds is 5. The standard InChI is InChI=1S/C23H29FN4O/c24-19-4-8-21(9-5-19)27-14-16-28(17-15-27)23(29)18-25-20-6-10-22(11-7-20)26-12-2-1-3-13-26/h4-11,25H,1-3,12-18H2. The van der Waals surface area contributed by atoms with Crippen molar-refractivity contribution >= 4 is 23.0 Å². The second kappa shape index (κ2) is 9.16. The van der Waals surface area contributed by atoms with E-state index in [0.29, 0.717) is 19.6 Å². The Morgan fingerprint density at radius 2 is 1.31 bits per heavy atom. The molecule has 4 rings (SSSR count). The van der Waals surface area contributed by atoms with Crippen molar-refractivity contribution in [2.45, 2.75) is 19.3 Å². The molecule has 0 aromatic heterocycles. The van der Waals surface area contributed by atoms with E-state index in [1.807, 2.05) is 4.90 Å². The number of hydrogen-bond donors (Lipinski definition) is 1. The summed E-state index contributed by atoms with van der Waals surface area (Å²) in [6.07, 6.45) is 3.86. The molecular formula is C23H29FN4O. The van der Waals surface area contributed by atoms with Crippen LogP contribution >= 0.6 is 0 Å². The quantitative estimate of drug-likeness (QED) is 0.839. The number of nitrogens with one attached hydrogen (secondary N) is 1. The molecule has 2 aliphatic heterocycles. The average molecular weight is 397 g/mol. The van der Waals surface area contributed by atoms with Crippen LogP contribution in [0, 0.1) is 5.82 Å². The van der Waals surface area contributed by atoms with Crippen molar-refractivity contribution in [3.05, 3.63) is 54.3 Å². The number of hydrogen-bond acceptors (Lipinski definition) is 4. The minimum atomic E-state index is -0.224. The second-order valence-electron chi connectivity index (χ2n) is 7.79. The van der Waals surface area contributed by atoms with Gasteiger partial charge < -0.3 is 20.0 Å². The average Bonchev–Trinajstić information content (AvgIpc) is 2.79. The zero-order valence-electron chi connectivity index (χ0n) is 16.8. The molecule has 0 aliphatic carbocycles. The van der Waals surface area contributed by atoms with Crippen molar-refractivity contribution in [2.24, 2.45) is 0 Å². The van der Waals surface area contributed by atoms with Crippen LogP contribution in [0.25, 0.3) is 0 Å². The van der Waals surface area contributed by atoms with Crippen LogP contribution in [0.5, 0.6) is 0 Å². The Labute approximate surface area is 172 Å². The Hall–Kier alpha value is -2.76. The van der Waals surface area contributed by atoms with Crippen LogP contribution in [0.3, 0.4) is 0 Å². The summed E-state index contributed by atoms with van der Waals surface area (Å²) in [5.41, 5.74) is 3.24. The minimum Gasteiger partial charge on any atom is -0.376 e. The Morgan fingerprint density at radius 3 is 1.93 bits per heavy atom. The molecule has 5 nitrogen and oxygen atoms in total. The van der Waals surface area contributed by atoms with Gasteiger partial charge in [-0.3, -0.25) is 4.79 Å². The smallest absolute Gasteiger partial charge is 0.241 e. The SMILES string of the molecule is O=C(CNc1ccc(N2CCCCC2)cc1)N1CCN(c2ccc(F)cc2)CC1. The van der Waals surface area contributed by atoms with Crippen LogP contribution in [0.4, 0.5) is 21.5 Å². The van der Waals surface area contributed by atoms with Crippen LogP contribution < -0.4 is 15.1 Å².